The van der Waals surface area contributed by atoms with Crippen molar-refractivity contribution in [3.05, 3.63) is 23.8 Å². The molecule has 0 unspecified atom stereocenters. The average molecular weight is 237 g/mol. The topological polar surface area (TPSA) is 30.5 Å². The number of rotatable bonds is 5. The fourth-order valence-electron chi connectivity index (χ4n) is 1.51. The predicted octanol–water partition coefficient (Wildman–Crippen LogP) is 3.75. The number of anilines is 1. The first-order chi connectivity index (χ1) is 7.99. The fourth-order valence-corrected chi connectivity index (χ4v) is 1.51. The molecule has 3 heteroatoms. The van der Waals surface area contributed by atoms with E-state index in [1.165, 1.54) is 5.56 Å². The van der Waals surface area contributed by atoms with Crippen LogP contribution in [0.5, 0.6) is 5.75 Å². The summed E-state index contributed by atoms with van der Waals surface area (Å²) in [4.78, 5) is 5.24. The van der Waals surface area contributed by atoms with E-state index in [4.69, 9.17) is 9.57 Å². The SMILES string of the molecule is CCONc1cc(C(C)(C)C)ccc1OCC. The number of nitrogens with one attached hydrogen (secondary N) is 1. The first-order valence-electron chi connectivity index (χ1n) is 6.14. The first kappa shape index (κ1) is 13.8. The molecule has 0 saturated heterocycles. The molecule has 1 aromatic carbocycles. The van der Waals surface area contributed by atoms with E-state index in [2.05, 4.69) is 38.4 Å². The molecule has 0 atom stereocenters. The summed E-state index contributed by atoms with van der Waals surface area (Å²) >= 11 is 0. The Morgan fingerprint density at radius 1 is 1.12 bits per heavy atom. The summed E-state index contributed by atoms with van der Waals surface area (Å²) in [7, 11) is 0. The van der Waals surface area contributed by atoms with Crippen molar-refractivity contribution < 1.29 is 9.57 Å². The van der Waals surface area contributed by atoms with Gasteiger partial charge in [0.2, 0.25) is 0 Å². The van der Waals surface area contributed by atoms with Crippen molar-refractivity contribution in [2.75, 3.05) is 18.7 Å². The fraction of sp³-hybridized carbons (Fsp3) is 0.571. The molecule has 0 fully saturated rings. The van der Waals surface area contributed by atoms with Gasteiger partial charge in [-0.1, -0.05) is 26.8 Å². The molecule has 0 saturated carbocycles. The van der Waals surface area contributed by atoms with E-state index in [9.17, 15) is 0 Å². The van der Waals surface area contributed by atoms with Crippen LogP contribution in [0.1, 0.15) is 40.2 Å². The lowest BCUT2D eigenvalue weighted by Crippen LogP contribution is -2.12. The Bertz CT molecular complexity index is 356. The van der Waals surface area contributed by atoms with Crippen molar-refractivity contribution in [3.63, 3.8) is 0 Å². The van der Waals surface area contributed by atoms with Crippen molar-refractivity contribution in [1.82, 2.24) is 0 Å². The van der Waals surface area contributed by atoms with Gasteiger partial charge in [-0.05, 0) is 37.0 Å². The molecule has 0 aliphatic heterocycles. The number of hydrogen-bond donors (Lipinski definition) is 1. The highest BCUT2D eigenvalue weighted by molar-refractivity contribution is 5.57. The van der Waals surface area contributed by atoms with Gasteiger partial charge in [0.1, 0.15) is 11.4 Å². The van der Waals surface area contributed by atoms with Gasteiger partial charge in [-0.3, -0.25) is 10.3 Å². The second kappa shape index (κ2) is 5.92. The Kier molecular flexibility index (Phi) is 4.82. The molecule has 0 aromatic heterocycles. The van der Waals surface area contributed by atoms with Crippen LogP contribution in [0.15, 0.2) is 18.2 Å². The molecule has 0 bridgehead atoms. The van der Waals surface area contributed by atoms with Gasteiger partial charge in [0.05, 0.1) is 13.2 Å². The van der Waals surface area contributed by atoms with Gasteiger partial charge in [0.25, 0.3) is 0 Å². The molecule has 0 spiro atoms. The van der Waals surface area contributed by atoms with Gasteiger partial charge in [0, 0.05) is 0 Å². The minimum Gasteiger partial charge on any atom is -0.492 e. The van der Waals surface area contributed by atoms with Gasteiger partial charge >= 0.3 is 0 Å². The van der Waals surface area contributed by atoms with Crippen LogP contribution in [0.4, 0.5) is 5.69 Å². The molecular weight excluding hydrogens is 214 g/mol. The molecule has 96 valence electrons. The van der Waals surface area contributed by atoms with Crippen molar-refractivity contribution in [2.24, 2.45) is 0 Å². The molecule has 3 nitrogen and oxygen atoms in total. The zero-order valence-electron chi connectivity index (χ0n) is 11.5. The van der Waals surface area contributed by atoms with Gasteiger partial charge in [0.15, 0.2) is 0 Å². The summed E-state index contributed by atoms with van der Waals surface area (Å²) in [6, 6.07) is 6.17. The third-order valence-electron chi connectivity index (χ3n) is 2.47. The Morgan fingerprint density at radius 3 is 2.35 bits per heavy atom. The second-order valence-electron chi connectivity index (χ2n) is 4.93. The summed E-state index contributed by atoms with van der Waals surface area (Å²) in [5, 5.41) is 0. The van der Waals surface area contributed by atoms with E-state index in [1.54, 1.807) is 0 Å². The van der Waals surface area contributed by atoms with Crippen LogP contribution in [0.25, 0.3) is 0 Å². The van der Waals surface area contributed by atoms with Crippen LogP contribution >= 0.6 is 0 Å². The Labute approximate surface area is 104 Å². The molecule has 0 amide bonds. The maximum Gasteiger partial charge on any atom is 0.144 e. The Hall–Kier alpha value is -1.22. The lowest BCUT2D eigenvalue weighted by Gasteiger charge is -2.21. The molecular formula is C14H23NO2. The van der Waals surface area contributed by atoms with Crippen molar-refractivity contribution in [1.29, 1.82) is 0 Å². The zero-order valence-corrected chi connectivity index (χ0v) is 11.5. The molecule has 0 heterocycles. The Morgan fingerprint density at radius 2 is 1.82 bits per heavy atom. The van der Waals surface area contributed by atoms with Crippen molar-refractivity contribution in [2.45, 2.75) is 40.0 Å². The smallest absolute Gasteiger partial charge is 0.144 e. The second-order valence-corrected chi connectivity index (χ2v) is 4.93. The van der Waals surface area contributed by atoms with E-state index in [1.807, 2.05) is 19.9 Å². The third-order valence-corrected chi connectivity index (χ3v) is 2.47. The van der Waals surface area contributed by atoms with E-state index < -0.39 is 0 Å². The highest BCUT2D eigenvalue weighted by Crippen LogP contribution is 2.31. The minimum atomic E-state index is 0.118. The largest absolute Gasteiger partial charge is 0.492 e. The summed E-state index contributed by atoms with van der Waals surface area (Å²) in [5.41, 5.74) is 5.20. The van der Waals surface area contributed by atoms with E-state index in [-0.39, 0.29) is 5.41 Å². The van der Waals surface area contributed by atoms with Crippen molar-refractivity contribution >= 4 is 5.69 Å². The third kappa shape index (κ3) is 3.93. The lowest BCUT2D eigenvalue weighted by atomic mass is 9.87. The van der Waals surface area contributed by atoms with Gasteiger partial charge in [-0.15, -0.1) is 0 Å². The molecule has 1 N–H and O–H groups in total. The molecule has 17 heavy (non-hydrogen) atoms. The number of hydrogen-bond acceptors (Lipinski definition) is 3. The maximum atomic E-state index is 5.56. The first-order valence-corrected chi connectivity index (χ1v) is 6.14. The summed E-state index contributed by atoms with van der Waals surface area (Å²) in [6.45, 7) is 11.7. The number of benzene rings is 1. The normalized spacial score (nSPS) is 11.4. The Balaban J connectivity index is 3.01. The zero-order chi connectivity index (χ0) is 12.9. The average Bonchev–Trinajstić information content (AvgIpc) is 2.26. The molecule has 0 radical (unpaired) electrons. The van der Waals surface area contributed by atoms with Crippen LogP contribution < -0.4 is 10.2 Å². The quantitative estimate of drug-likeness (QED) is 0.791. The summed E-state index contributed by atoms with van der Waals surface area (Å²) in [6.07, 6.45) is 0. The minimum absolute atomic E-state index is 0.118. The van der Waals surface area contributed by atoms with Crippen LogP contribution in [-0.4, -0.2) is 13.2 Å². The maximum absolute atomic E-state index is 5.56. The molecule has 0 aliphatic carbocycles. The van der Waals surface area contributed by atoms with Crippen LogP contribution in [0.2, 0.25) is 0 Å². The van der Waals surface area contributed by atoms with Gasteiger partial charge in [-0.2, -0.15) is 0 Å². The van der Waals surface area contributed by atoms with Crippen molar-refractivity contribution in [3.8, 4) is 5.75 Å². The van der Waals surface area contributed by atoms with E-state index in [0.29, 0.717) is 13.2 Å². The van der Waals surface area contributed by atoms with Gasteiger partial charge in [-0.25, -0.2) is 0 Å². The van der Waals surface area contributed by atoms with Crippen LogP contribution in [-0.2, 0) is 10.3 Å². The molecule has 1 aromatic rings. The highest BCUT2D eigenvalue weighted by Gasteiger charge is 2.16. The summed E-state index contributed by atoms with van der Waals surface area (Å²) in [5.74, 6) is 0.828. The monoisotopic (exact) mass is 237 g/mol. The lowest BCUT2D eigenvalue weighted by molar-refractivity contribution is 0.208. The van der Waals surface area contributed by atoms with E-state index in [0.717, 1.165) is 11.4 Å². The predicted molar refractivity (Wildman–Crippen MR) is 71.6 cm³/mol. The highest BCUT2D eigenvalue weighted by atomic mass is 16.6. The van der Waals surface area contributed by atoms with Crippen LogP contribution in [0, 0.1) is 0 Å². The molecule has 0 aliphatic rings. The molecule has 1 rings (SSSR count). The van der Waals surface area contributed by atoms with E-state index >= 15 is 0 Å². The van der Waals surface area contributed by atoms with Gasteiger partial charge < -0.3 is 4.74 Å². The standard InChI is InChI=1S/C14H23NO2/c1-6-16-13-9-8-11(14(3,4)5)10-12(13)15-17-7-2/h8-10,15H,6-7H2,1-5H3. The summed E-state index contributed by atoms with van der Waals surface area (Å²) < 4.78 is 5.56. The van der Waals surface area contributed by atoms with Crippen LogP contribution in [0.3, 0.4) is 0 Å². The number of ether oxygens (including phenoxy) is 1.